The van der Waals surface area contributed by atoms with Crippen LogP contribution >= 0.6 is 0 Å². The average molecular weight is 205 g/mol. The van der Waals surface area contributed by atoms with Gasteiger partial charge in [-0.3, -0.25) is 4.79 Å². The summed E-state index contributed by atoms with van der Waals surface area (Å²) >= 11 is 0. The van der Waals surface area contributed by atoms with Crippen LogP contribution < -0.4 is 4.74 Å². The zero-order valence-corrected chi connectivity index (χ0v) is 8.90. The Bertz CT molecular complexity index is 359. The molecule has 1 aromatic rings. The molecule has 3 heteroatoms. The van der Waals surface area contributed by atoms with Gasteiger partial charge in [0.05, 0.1) is 6.61 Å². The van der Waals surface area contributed by atoms with Crippen LogP contribution in [-0.4, -0.2) is 17.9 Å². The summed E-state index contributed by atoms with van der Waals surface area (Å²) in [5.41, 5.74) is 1.53. The maximum Gasteiger partial charge on any atom is 0.216 e. The first kappa shape index (κ1) is 10.1. The van der Waals surface area contributed by atoms with Crippen molar-refractivity contribution in [1.82, 2.24) is 4.98 Å². The third-order valence-corrected chi connectivity index (χ3v) is 2.65. The lowest BCUT2D eigenvalue weighted by atomic mass is 10.2. The molecular weight excluding hydrogens is 190 g/mol. The van der Waals surface area contributed by atoms with Crippen LogP contribution in [0.25, 0.3) is 0 Å². The van der Waals surface area contributed by atoms with Crippen molar-refractivity contribution in [3.63, 3.8) is 0 Å². The predicted octanol–water partition coefficient (Wildman–Crippen LogP) is 2.38. The molecule has 0 saturated heterocycles. The number of pyridine rings is 1. The minimum Gasteiger partial charge on any atom is -0.477 e. The van der Waals surface area contributed by atoms with E-state index in [1.807, 2.05) is 6.92 Å². The maximum atomic E-state index is 10.5. The molecule has 0 aromatic carbocycles. The molecule has 1 aliphatic rings. The molecule has 1 fully saturated rings. The quantitative estimate of drug-likeness (QED) is 0.693. The summed E-state index contributed by atoms with van der Waals surface area (Å²) < 4.78 is 5.56. The smallest absolute Gasteiger partial charge is 0.216 e. The lowest BCUT2D eigenvalue weighted by molar-refractivity contribution is 0.112. The third kappa shape index (κ3) is 2.78. The van der Waals surface area contributed by atoms with Crippen LogP contribution in [0.15, 0.2) is 12.3 Å². The fourth-order valence-corrected chi connectivity index (χ4v) is 1.53. The minimum atomic E-state index is 0.599. The number of aromatic nitrogens is 1. The van der Waals surface area contributed by atoms with Gasteiger partial charge >= 0.3 is 0 Å². The van der Waals surface area contributed by atoms with E-state index in [9.17, 15) is 4.79 Å². The number of carbonyl (C=O) groups is 1. The second kappa shape index (κ2) is 4.43. The molecule has 0 atom stereocenters. The summed E-state index contributed by atoms with van der Waals surface area (Å²) in [6.45, 7) is 2.64. The third-order valence-electron chi connectivity index (χ3n) is 2.65. The first-order valence-electron chi connectivity index (χ1n) is 5.34. The molecule has 0 bridgehead atoms. The lowest BCUT2D eigenvalue weighted by Crippen LogP contribution is -2.02. The van der Waals surface area contributed by atoms with E-state index < -0.39 is 0 Å². The normalized spacial score (nSPS) is 15.0. The molecule has 1 saturated carbocycles. The highest BCUT2D eigenvalue weighted by Gasteiger charge is 2.20. The summed E-state index contributed by atoms with van der Waals surface area (Å²) in [6.07, 6.45) is 6.16. The second-order valence-electron chi connectivity index (χ2n) is 4.09. The molecule has 15 heavy (non-hydrogen) atoms. The largest absolute Gasteiger partial charge is 0.477 e. The summed E-state index contributed by atoms with van der Waals surface area (Å²) in [4.78, 5) is 14.6. The van der Waals surface area contributed by atoms with Gasteiger partial charge in [0.2, 0.25) is 5.88 Å². The molecule has 0 unspecified atom stereocenters. The fraction of sp³-hybridized carbons (Fsp3) is 0.500. The molecule has 0 radical (unpaired) electrons. The highest BCUT2D eigenvalue weighted by molar-refractivity contribution is 5.74. The van der Waals surface area contributed by atoms with Crippen molar-refractivity contribution in [2.24, 2.45) is 5.92 Å². The first-order valence-corrected chi connectivity index (χ1v) is 5.34. The van der Waals surface area contributed by atoms with E-state index in [1.54, 1.807) is 12.3 Å². The molecule has 0 N–H and O–H groups in total. The first-order chi connectivity index (χ1) is 7.29. The van der Waals surface area contributed by atoms with E-state index in [-0.39, 0.29) is 0 Å². The molecule has 1 heterocycles. The van der Waals surface area contributed by atoms with Gasteiger partial charge in [0.1, 0.15) is 0 Å². The van der Waals surface area contributed by atoms with Crippen molar-refractivity contribution >= 4 is 6.29 Å². The number of aldehydes is 1. The Morgan fingerprint density at radius 1 is 1.60 bits per heavy atom. The summed E-state index contributed by atoms with van der Waals surface area (Å²) in [5, 5.41) is 0. The molecule has 0 amide bonds. The van der Waals surface area contributed by atoms with Crippen molar-refractivity contribution in [1.29, 1.82) is 0 Å². The number of hydrogen-bond donors (Lipinski definition) is 0. The molecule has 0 spiro atoms. The Hall–Kier alpha value is -1.38. The van der Waals surface area contributed by atoms with Crippen LogP contribution in [0.4, 0.5) is 0 Å². The van der Waals surface area contributed by atoms with Crippen LogP contribution in [0.2, 0.25) is 0 Å². The lowest BCUT2D eigenvalue weighted by Gasteiger charge is -2.07. The molecule has 1 aromatic heterocycles. The molecule has 0 aliphatic heterocycles. The van der Waals surface area contributed by atoms with Crippen LogP contribution in [0.3, 0.4) is 0 Å². The van der Waals surface area contributed by atoms with Crippen LogP contribution in [0, 0.1) is 12.8 Å². The zero-order valence-electron chi connectivity index (χ0n) is 8.90. The topological polar surface area (TPSA) is 39.2 Å². The highest BCUT2D eigenvalue weighted by Crippen LogP contribution is 2.32. The van der Waals surface area contributed by atoms with E-state index >= 15 is 0 Å². The van der Waals surface area contributed by atoms with E-state index in [4.69, 9.17) is 4.74 Å². The second-order valence-corrected chi connectivity index (χ2v) is 4.09. The van der Waals surface area contributed by atoms with Crippen molar-refractivity contribution < 1.29 is 9.53 Å². The number of nitrogens with zero attached hydrogens (tertiary/aromatic N) is 1. The van der Waals surface area contributed by atoms with Gasteiger partial charge < -0.3 is 4.74 Å². The highest BCUT2D eigenvalue weighted by atomic mass is 16.5. The SMILES string of the molecule is Cc1cc(C=O)cnc1OCCC1CC1. The molecule has 2 rings (SSSR count). The zero-order chi connectivity index (χ0) is 10.7. The van der Waals surface area contributed by atoms with Gasteiger partial charge in [0.15, 0.2) is 6.29 Å². The van der Waals surface area contributed by atoms with Crippen molar-refractivity contribution in [3.8, 4) is 5.88 Å². The summed E-state index contributed by atoms with van der Waals surface area (Å²) in [7, 11) is 0. The van der Waals surface area contributed by atoms with Crippen molar-refractivity contribution in [2.45, 2.75) is 26.2 Å². The maximum absolute atomic E-state index is 10.5. The number of aryl methyl sites for hydroxylation is 1. The van der Waals surface area contributed by atoms with Gasteiger partial charge in [-0.1, -0.05) is 12.8 Å². The van der Waals surface area contributed by atoms with Gasteiger partial charge in [-0.05, 0) is 25.3 Å². The van der Waals surface area contributed by atoms with Gasteiger partial charge in [0, 0.05) is 17.3 Å². The Morgan fingerprint density at radius 3 is 3.00 bits per heavy atom. The Balaban J connectivity index is 1.91. The number of carbonyl (C=O) groups excluding carboxylic acids is 1. The van der Waals surface area contributed by atoms with E-state index in [2.05, 4.69) is 4.98 Å². The molecular formula is C12H15NO2. The van der Waals surface area contributed by atoms with Crippen molar-refractivity contribution in [2.75, 3.05) is 6.61 Å². The van der Waals surface area contributed by atoms with Gasteiger partial charge in [-0.25, -0.2) is 4.98 Å². The number of ether oxygens (including phenoxy) is 1. The van der Waals surface area contributed by atoms with Gasteiger partial charge in [-0.15, -0.1) is 0 Å². The number of hydrogen-bond acceptors (Lipinski definition) is 3. The van der Waals surface area contributed by atoms with E-state index in [0.29, 0.717) is 11.4 Å². The van der Waals surface area contributed by atoms with E-state index in [1.165, 1.54) is 12.8 Å². The molecule has 80 valence electrons. The monoisotopic (exact) mass is 205 g/mol. The van der Waals surface area contributed by atoms with Crippen LogP contribution in [-0.2, 0) is 0 Å². The van der Waals surface area contributed by atoms with Crippen LogP contribution in [0.1, 0.15) is 35.2 Å². The standard InChI is InChI=1S/C12H15NO2/c1-9-6-11(8-14)7-13-12(9)15-5-4-10-2-3-10/h6-8,10H,2-5H2,1H3. The van der Waals surface area contributed by atoms with Gasteiger partial charge in [-0.2, -0.15) is 0 Å². The van der Waals surface area contributed by atoms with Crippen molar-refractivity contribution in [3.05, 3.63) is 23.4 Å². The van der Waals surface area contributed by atoms with Gasteiger partial charge in [0.25, 0.3) is 0 Å². The Labute approximate surface area is 89.5 Å². The Kier molecular flexibility index (Phi) is 2.99. The average Bonchev–Trinajstić information content (AvgIpc) is 3.04. The summed E-state index contributed by atoms with van der Waals surface area (Å²) in [5.74, 6) is 1.53. The Morgan fingerprint density at radius 2 is 2.40 bits per heavy atom. The predicted molar refractivity (Wildman–Crippen MR) is 57.2 cm³/mol. The number of rotatable bonds is 5. The molecule has 3 nitrogen and oxygen atoms in total. The minimum absolute atomic E-state index is 0.599. The van der Waals surface area contributed by atoms with E-state index in [0.717, 1.165) is 30.8 Å². The molecule has 1 aliphatic carbocycles. The fourth-order valence-electron chi connectivity index (χ4n) is 1.53. The van der Waals surface area contributed by atoms with Crippen LogP contribution in [0.5, 0.6) is 5.88 Å². The summed E-state index contributed by atoms with van der Waals surface area (Å²) in [6, 6.07) is 1.80.